The topological polar surface area (TPSA) is 90.8 Å². The molecule has 0 bridgehead atoms. The van der Waals surface area contributed by atoms with Crippen LogP contribution in [-0.4, -0.2) is 32.4 Å². The fourth-order valence-electron chi connectivity index (χ4n) is 3.42. The molecular weight excluding hydrogens is 383 g/mol. The van der Waals surface area contributed by atoms with E-state index >= 15 is 0 Å². The van der Waals surface area contributed by atoms with Gasteiger partial charge in [-0.3, -0.25) is 0 Å². The van der Waals surface area contributed by atoms with Gasteiger partial charge in [-0.2, -0.15) is 5.10 Å². The second-order valence-corrected chi connectivity index (χ2v) is 7.30. The second-order valence-electron chi connectivity index (χ2n) is 7.30. The van der Waals surface area contributed by atoms with E-state index in [1.807, 2.05) is 24.3 Å². The number of pyridine rings is 1. The lowest BCUT2D eigenvalue weighted by molar-refractivity contribution is 0.612. The van der Waals surface area contributed by atoms with Gasteiger partial charge in [0, 0.05) is 24.7 Å². The van der Waals surface area contributed by atoms with E-state index in [0.29, 0.717) is 23.8 Å². The van der Waals surface area contributed by atoms with Gasteiger partial charge in [-0.25, -0.2) is 23.4 Å². The van der Waals surface area contributed by atoms with Crippen LogP contribution >= 0.6 is 0 Å². The highest BCUT2D eigenvalue weighted by molar-refractivity contribution is 5.72. The molecule has 1 atom stereocenters. The Kier molecular flexibility index (Phi) is 5.58. The van der Waals surface area contributed by atoms with Crippen molar-refractivity contribution in [3.63, 3.8) is 0 Å². The normalized spacial score (nSPS) is 16.1. The molecule has 0 radical (unpaired) electrons. The Morgan fingerprint density at radius 2 is 2.20 bits per heavy atom. The molecule has 2 aromatic heterocycles. The van der Waals surface area contributed by atoms with Crippen LogP contribution in [-0.2, 0) is 6.54 Å². The molecule has 1 aliphatic heterocycles. The first-order valence-electron chi connectivity index (χ1n) is 9.75. The third-order valence-corrected chi connectivity index (χ3v) is 5.16. The molecule has 0 amide bonds. The molecule has 1 unspecified atom stereocenters. The first-order valence-corrected chi connectivity index (χ1v) is 9.75. The molecular formula is C22H23FN6O. The summed E-state index contributed by atoms with van der Waals surface area (Å²) < 4.78 is 15.2. The van der Waals surface area contributed by atoms with Crippen molar-refractivity contribution in [1.82, 2.24) is 19.3 Å². The summed E-state index contributed by atoms with van der Waals surface area (Å²) in [5.41, 5.74) is 9.62. The van der Waals surface area contributed by atoms with Crippen LogP contribution in [0.15, 0.2) is 59.4 Å². The number of halogens is 1. The number of fused-ring (bicyclic) bond motifs is 1. The quantitative estimate of drug-likeness (QED) is 0.657. The van der Waals surface area contributed by atoms with Gasteiger partial charge in [0.2, 0.25) is 0 Å². The van der Waals surface area contributed by atoms with E-state index in [2.05, 4.69) is 40.5 Å². The summed E-state index contributed by atoms with van der Waals surface area (Å²) in [5.74, 6) is 0.966. The van der Waals surface area contributed by atoms with Crippen molar-refractivity contribution in [1.29, 1.82) is 0 Å². The van der Waals surface area contributed by atoms with E-state index in [0.717, 1.165) is 16.8 Å². The minimum atomic E-state index is -0.407. The van der Waals surface area contributed by atoms with E-state index in [1.54, 1.807) is 6.07 Å². The lowest BCUT2D eigenvalue weighted by Crippen LogP contribution is -2.26. The smallest absolute Gasteiger partial charge is 0.351 e. The summed E-state index contributed by atoms with van der Waals surface area (Å²) >= 11 is 0. The monoisotopic (exact) mass is 406 g/mol. The van der Waals surface area contributed by atoms with E-state index < -0.39 is 5.69 Å². The maximum atomic E-state index is 12.8. The van der Waals surface area contributed by atoms with Gasteiger partial charge < -0.3 is 11.1 Å². The molecule has 1 aromatic carbocycles. The van der Waals surface area contributed by atoms with Crippen molar-refractivity contribution in [2.45, 2.75) is 19.4 Å². The van der Waals surface area contributed by atoms with Gasteiger partial charge in [0.05, 0.1) is 18.6 Å². The van der Waals surface area contributed by atoms with Gasteiger partial charge in [0.15, 0.2) is 0 Å². The highest BCUT2D eigenvalue weighted by Gasteiger charge is 2.17. The predicted molar refractivity (Wildman–Crippen MR) is 116 cm³/mol. The second kappa shape index (κ2) is 8.46. The first-order chi connectivity index (χ1) is 14.6. The summed E-state index contributed by atoms with van der Waals surface area (Å²) in [7, 11) is 0. The molecule has 0 saturated carbocycles. The Hall–Kier alpha value is -3.52. The third kappa shape index (κ3) is 3.95. The minimum absolute atomic E-state index is 0.00338. The van der Waals surface area contributed by atoms with E-state index in [-0.39, 0.29) is 18.7 Å². The van der Waals surface area contributed by atoms with Gasteiger partial charge in [-0.15, -0.1) is 0 Å². The summed E-state index contributed by atoms with van der Waals surface area (Å²) in [4.78, 5) is 17.1. The van der Waals surface area contributed by atoms with Crippen LogP contribution in [0.1, 0.15) is 29.7 Å². The van der Waals surface area contributed by atoms with Crippen LogP contribution in [0.4, 0.5) is 10.1 Å². The molecule has 3 heterocycles. The molecule has 3 aromatic rings. The average Bonchev–Trinajstić information content (AvgIpc) is 3.33. The van der Waals surface area contributed by atoms with Gasteiger partial charge >= 0.3 is 5.69 Å². The number of hydrogen-bond acceptors (Lipinski definition) is 5. The molecule has 8 heteroatoms. The highest BCUT2D eigenvalue weighted by atomic mass is 19.1. The zero-order valence-corrected chi connectivity index (χ0v) is 16.6. The predicted octanol–water partition coefficient (Wildman–Crippen LogP) is 2.94. The number of benzene rings is 1. The lowest BCUT2D eigenvalue weighted by Gasteiger charge is -2.04. The SMILES string of the molecule is CC1CNc2cc(/C=C/c3cccc(-n4cnn(C/C(=C/F)CN)c4=O)n3)ccc21. The number of hydrogen-bond donors (Lipinski definition) is 2. The fourth-order valence-corrected chi connectivity index (χ4v) is 3.42. The highest BCUT2D eigenvalue weighted by Crippen LogP contribution is 2.32. The number of anilines is 1. The molecule has 154 valence electrons. The molecule has 0 fully saturated rings. The number of nitrogens with one attached hydrogen (secondary N) is 1. The molecule has 1 aliphatic rings. The van der Waals surface area contributed by atoms with E-state index in [9.17, 15) is 9.18 Å². The summed E-state index contributed by atoms with van der Waals surface area (Å²) in [5, 5.41) is 7.45. The average molecular weight is 406 g/mol. The number of nitrogens with zero attached hydrogens (tertiary/aromatic N) is 4. The zero-order chi connectivity index (χ0) is 21.1. The van der Waals surface area contributed by atoms with Gasteiger partial charge in [-0.1, -0.05) is 31.2 Å². The van der Waals surface area contributed by atoms with Gasteiger partial charge in [0.25, 0.3) is 0 Å². The van der Waals surface area contributed by atoms with E-state index in [4.69, 9.17) is 5.73 Å². The Labute approximate surface area is 173 Å². The van der Waals surface area contributed by atoms with Crippen LogP contribution < -0.4 is 16.7 Å². The van der Waals surface area contributed by atoms with Crippen molar-refractivity contribution in [3.05, 3.63) is 81.9 Å². The van der Waals surface area contributed by atoms with E-state index in [1.165, 1.54) is 22.1 Å². The Morgan fingerprint density at radius 3 is 3.00 bits per heavy atom. The Morgan fingerprint density at radius 1 is 1.33 bits per heavy atom. The Balaban J connectivity index is 1.56. The maximum absolute atomic E-state index is 12.8. The van der Waals surface area contributed by atoms with Crippen LogP contribution in [0, 0.1) is 0 Å². The van der Waals surface area contributed by atoms with Crippen molar-refractivity contribution in [2.75, 3.05) is 18.4 Å². The van der Waals surface area contributed by atoms with Gasteiger partial charge in [-0.05, 0) is 41.0 Å². The molecule has 3 N–H and O–H groups in total. The zero-order valence-electron chi connectivity index (χ0n) is 16.6. The number of rotatable bonds is 6. The minimum Gasteiger partial charge on any atom is -0.384 e. The number of aromatic nitrogens is 4. The van der Waals surface area contributed by atoms with Crippen molar-refractivity contribution < 1.29 is 4.39 Å². The Bertz CT molecular complexity index is 1180. The summed E-state index contributed by atoms with van der Waals surface area (Å²) in [6, 6.07) is 11.8. The molecule has 0 spiro atoms. The standard InChI is InChI=1S/C22H23FN6O/c1-15-12-25-20-9-16(6-8-19(15)20)5-7-18-3-2-4-21(27-18)28-14-26-29(22(28)30)13-17(10-23)11-24/h2-10,14-15,25H,11-13,24H2,1H3/b7-5+,17-10+. The third-order valence-electron chi connectivity index (χ3n) is 5.16. The van der Waals surface area contributed by atoms with Crippen molar-refractivity contribution in [3.8, 4) is 5.82 Å². The fraction of sp³-hybridized carbons (Fsp3) is 0.227. The first kappa shape index (κ1) is 19.8. The van der Waals surface area contributed by atoms with Gasteiger partial charge in [0.1, 0.15) is 12.1 Å². The lowest BCUT2D eigenvalue weighted by atomic mass is 10.0. The molecule has 4 rings (SSSR count). The van der Waals surface area contributed by atoms with Crippen molar-refractivity contribution in [2.24, 2.45) is 5.73 Å². The molecule has 30 heavy (non-hydrogen) atoms. The van der Waals surface area contributed by atoms with Crippen LogP contribution in [0.5, 0.6) is 0 Å². The summed E-state index contributed by atoms with van der Waals surface area (Å²) in [6.07, 6.45) is 5.67. The number of nitrogens with two attached hydrogens (primary N) is 1. The molecule has 0 aliphatic carbocycles. The van der Waals surface area contributed by atoms with Crippen LogP contribution in [0.25, 0.3) is 18.0 Å². The maximum Gasteiger partial charge on any atom is 0.351 e. The van der Waals surface area contributed by atoms with Crippen LogP contribution in [0.3, 0.4) is 0 Å². The largest absolute Gasteiger partial charge is 0.384 e. The molecule has 0 saturated heterocycles. The van der Waals surface area contributed by atoms with Crippen molar-refractivity contribution >= 4 is 17.8 Å². The summed E-state index contributed by atoms with van der Waals surface area (Å²) in [6.45, 7) is 3.19. The van der Waals surface area contributed by atoms with Crippen LogP contribution in [0.2, 0.25) is 0 Å². The molecule has 7 nitrogen and oxygen atoms in total.